The van der Waals surface area contributed by atoms with Crippen molar-refractivity contribution in [1.29, 1.82) is 0 Å². The first kappa shape index (κ1) is 25.9. The van der Waals surface area contributed by atoms with E-state index in [1.165, 1.54) is 10.9 Å². The minimum atomic E-state index is -1.18. The molecule has 2 N–H and O–H groups in total. The fourth-order valence-corrected chi connectivity index (χ4v) is 4.60. The van der Waals surface area contributed by atoms with E-state index in [1.54, 1.807) is 43.7 Å². The lowest BCUT2D eigenvalue weighted by molar-refractivity contribution is -0.129. The first-order chi connectivity index (χ1) is 18.7. The summed E-state index contributed by atoms with van der Waals surface area (Å²) in [5, 5.41) is 14.0. The average molecular weight is 527 g/mol. The molecule has 1 aliphatic heterocycles. The molecule has 1 saturated heterocycles. The molecule has 0 unspecified atom stereocenters. The van der Waals surface area contributed by atoms with Crippen LogP contribution in [0.3, 0.4) is 0 Å². The molecule has 4 aromatic rings. The summed E-state index contributed by atoms with van der Waals surface area (Å²) in [4.78, 5) is 42.4. The van der Waals surface area contributed by atoms with E-state index in [-0.39, 0.29) is 18.0 Å². The Labute approximate surface area is 225 Å². The van der Waals surface area contributed by atoms with Gasteiger partial charge in [-0.15, -0.1) is 6.42 Å². The number of hydrogen-bond acceptors (Lipinski definition) is 8. The summed E-state index contributed by atoms with van der Waals surface area (Å²) in [5.41, 5.74) is 1.12. The summed E-state index contributed by atoms with van der Waals surface area (Å²) in [6.45, 7) is 7.86. The number of rotatable bonds is 6. The normalized spacial score (nSPS) is 13.9. The Kier molecular flexibility index (Phi) is 6.80. The van der Waals surface area contributed by atoms with Gasteiger partial charge in [-0.25, -0.2) is 19.3 Å². The minimum Gasteiger partial charge on any atom is -0.384 e. The number of hydrogen-bond donors (Lipinski definition) is 2. The quantitative estimate of drug-likeness (QED) is 0.367. The lowest BCUT2D eigenvalue weighted by atomic mass is 10.1. The number of amides is 1. The van der Waals surface area contributed by atoms with Gasteiger partial charge in [-0.3, -0.25) is 9.59 Å². The Balaban J connectivity index is 1.45. The second kappa shape index (κ2) is 10.2. The van der Waals surface area contributed by atoms with E-state index in [4.69, 9.17) is 6.42 Å². The average Bonchev–Trinajstić information content (AvgIpc) is 3.19. The maximum absolute atomic E-state index is 13.2. The SMILES string of the molecule is C#CCn1c(=O)c2cnc(Nc3ccc(N4CCN(C(C)=O)CC4)cc3)nc2n1-c1cccc(C(C)(C)O)n1. The highest BCUT2D eigenvalue weighted by molar-refractivity contribution is 5.77. The Hall–Kier alpha value is -4.69. The largest absolute Gasteiger partial charge is 0.384 e. The Morgan fingerprint density at radius 2 is 1.82 bits per heavy atom. The van der Waals surface area contributed by atoms with Crippen LogP contribution in [-0.2, 0) is 16.9 Å². The highest BCUT2D eigenvalue weighted by Gasteiger charge is 2.22. The van der Waals surface area contributed by atoms with Crippen molar-refractivity contribution in [2.45, 2.75) is 32.9 Å². The zero-order valence-corrected chi connectivity index (χ0v) is 22.1. The predicted molar refractivity (Wildman–Crippen MR) is 149 cm³/mol. The number of terminal acetylenes is 1. The van der Waals surface area contributed by atoms with Crippen molar-refractivity contribution in [1.82, 2.24) is 29.2 Å². The summed E-state index contributed by atoms with van der Waals surface area (Å²) in [6, 6.07) is 13.1. The van der Waals surface area contributed by atoms with Crippen LogP contribution in [0.2, 0.25) is 0 Å². The number of benzene rings is 1. The van der Waals surface area contributed by atoms with Crippen LogP contribution >= 0.6 is 0 Å². The number of nitrogens with one attached hydrogen (secondary N) is 1. The minimum absolute atomic E-state index is 0.00845. The first-order valence-electron chi connectivity index (χ1n) is 12.7. The Bertz CT molecular complexity index is 1620. The highest BCUT2D eigenvalue weighted by atomic mass is 16.3. The smallest absolute Gasteiger partial charge is 0.279 e. The van der Waals surface area contributed by atoms with Gasteiger partial charge in [0.25, 0.3) is 5.56 Å². The van der Waals surface area contributed by atoms with Crippen LogP contribution in [0.1, 0.15) is 26.5 Å². The lowest BCUT2D eigenvalue weighted by Gasteiger charge is -2.35. The van der Waals surface area contributed by atoms with E-state index < -0.39 is 5.60 Å². The Morgan fingerprint density at radius 3 is 2.46 bits per heavy atom. The fourth-order valence-electron chi connectivity index (χ4n) is 4.60. The van der Waals surface area contributed by atoms with Gasteiger partial charge in [-0.1, -0.05) is 12.0 Å². The molecule has 0 bridgehead atoms. The summed E-state index contributed by atoms with van der Waals surface area (Å²) >= 11 is 0. The van der Waals surface area contributed by atoms with Crippen LogP contribution in [-0.4, -0.2) is 66.4 Å². The summed E-state index contributed by atoms with van der Waals surface area (Å²) < 4.78 is 2.93. The molecule has 3 aromatic heterocycles. The van der Waals surface area contributed by atoms with Crippen LogP contribution in [0.15, 0.2) is 53.5 Å². The van der Waals surface area contributed by atoms with Gasteiger partial charge in [0, 0.05) is 50.7 Å². The molecule has 1 fully saturated rings. The van der Waals surface area contributed by atoms with Crippen molar-refractivity contribution in [2.24, 2.45) is 0 Å². The van der Waals surface area contributed by atoms with Gasteiger partial charge >= 0.3 is 0 Å². The van der Waals surface area contributed by atoms with Gasteiger partial charge in [0.1, 0.15) is 17.5 Å². The number of fused-ring (bicyclic) bond motifs is 1. The van der Waals surface area contributed by atoms with Crippen molar-refractivity contribution in [3.63, 3.8) is 0 Å². The molecule has 0 spiro atoms. The molecule has 0 saturated carbocycles. The highest BCUT2D eigenvalue weighted by Crippen LogP contribution is 2.23. The number of aromatic nitrogens is 5. The van der Waals surface area contributed by atoms with Crippen LogP contribution in [0.25, 0.3) is 16.9 Å². The van der Waals surface area contributed by atoms with Crippen molar-refractivity contribution in [2.75, 3.05) is 36.4 Å². The third-order valence-electron chi connectivity index (χ3n) is 6.71. The van der Waals surface area contributed by atoms with Gasteiger partial charge in [-0.2, -0.15) is 4.98 Å². The van der Waals surface area contributed by atoms with Gasteiger partial charge in [-0.05, 0) is 50.2 Å². The molecular weight excluding hydrogens is 496 g/mol. The Morgan fingerprint density at radius 1 is 1.10 bits per heavy atom. The van der Waals surface area contributed by atoms with Gasteiger partial charge in [0.2, 0.25) is 11.9 Å². The summed E-state index contributed by atoms with van der Waals surface area (Å²) in [6.07, 6.45) is 7.03. The van der Waals surface area contributed by atoms with Crippen molar-refractivity contribution < 1.29 is 9.90 Å². The van der Waals surface area contributed by atoms with E-state index in [0.29, 0.717) is 41.6 Å². The predicted octanol–water partition coefficient (Wildman–Crippen LogP) is 2.25. The van der Waals surface area contributed by atoms with E-state index in [2.05, 4.69) is 31.1 Å². The van der Waals surface area contributed by atoms with E-state index in [1.807, 2.05) is 29.2 Å². The van der Waals surface area contributed by atoms with Crippen LogP contribution < -0.4 is 15.8 Å². The molecule has 0 radical (unpaired) electrons. The van der Waals surface area contributed by atoms with E-state index in [9.17, 15) is 14.7 Å². The maximum Gasteiger partial charge on any atom is 0.279 e. The van der Waals surface area contributed by atoms with E-state index in [0.717, 1.165) is 24.5 Å². The zero-order chi connectivity index (χ0) is 27.7. The third kappa shape index (κ3) is 5.19. The number of pyridine rings is 1. The maximum atomic E-state index is 13.2. The summed E-state index contributed by atoms with van der Waals surface area (Å²) in [7, 11) is 0. The number of piperazine rings is 1. The standard InChI is InChI=1S/C28H30N8O3/c1-5-13-35-26(38)22-18-29-27(32-25(22)36(35)24-8-6-7-23(31-24)28(3,4)39)30-20-9-11-21(12-10-20)34-16-14-33(15-17-34)19(2)37/h1,6-12,18,39H,13-17H2,2-4H3,(H,29,30,32). The van der Waals surface area contributed by atoms with Crippen LogP contribution in [0.4, 0.5) is 17.3 Å². The molecule has 1 aliphatic rings. The number of anilines is 3. The fraction of sp³-hybridized carbons (Fsp3) is 0.321. The molecule has 11 nitrogen and oxygen atoms in total. The van der Waals surface area contributed by atoms with Crippen LogP contribution in [0.5, 0.6) is 0 Å². The lowest BCUT2D eigenvalue weighted by Crippen LogP contribution is -2.48. The molecule has 39 heavy (non-hydrogen) atoms. The molecule has 0 aliphatic carbocycles. The first-order valence-corrected chi connectivity index (χ1v) is 12.7. The third-order valence-corrected chi connectivity index (χ3v) is 6.71. The molecule has 1 amide bonds. The number of nitrogens with zero attached hydrogens (tertiary/aromatic N) is 7. The number of aliphatic hydroxyl groups is 1. The second-order valence-corrected chi connectivity index (χ2v) is 9.91. The van der Waals surface area contributed by atoms with Crippen molar-refractivity contribution in [3.8, 4) is 18.2 Å². The molecule has 4 heterocycles. The number of carbonyl (C=O) groups excluding carboxylic acids is 1. The monoisotopic (exact) mass is 526 g/mol. The molecular formula is C28H30N8O3. The van der Waals surface area contributed by atoms with E-state index >= 15 is 0 Å². The van der Waals surface area contributed by atoms with Crippen molar-refractivity contribution >= 4 is 34.3 Å². The van der Waals surface area contributed by atoms with Gasteiger partial charge in [0.05, 0.1) is 5.69 Å². The molecule has 11 heteroatoms. The molecule has 200 valence electrons. The van der Waals surface area contributed by atoms with Gasteiger partial charge in [0.15, 0.2) is 11.5 Å². The molecule has 0 atom stereocenters. The van der Waals surface area contributed by atoms with Crippen molar-refractivity contribution in [3.05, 3.63) is 64.7 Å². The number of carbonyl (C=O) groups is 1. The second-order valence-electron chi connectivity index (χ2n) is 9.91. The molecule has 1 aromatic carbocycles. The zero-order valence-electron chi connectivity index (χ0n) is 22.1. The van der Waals surface area contributed by atoms with Gasteiger partial charge < -0.3 is 20.2 Å². The molecule has 5 rings (SSSR count). The topological polar surface area (TPSA) is 121 Å². The van der Waals surface area contributed by atoms with Crippen LogP contribution in [0, 0.1) is 12.3 Å². The summed E-state index contributed by atoms with van der Waals surface area (Å²) in [5.74, 6) is 3.32.